The normalized spacial score (nSPS) is 12.6. The van der Waals surface area contributed by atoms with Crippen molar-refractivity contribution < 1.29 is 10.0 Å². The van der Waals surface area contributed by atoms with Crippen molar-refractivity contribution in [3.05, 3.63) is 40.6 Å². The molecule has 0 amide bonds. The molecule has 1 heterocycles. The van der Waals surface area contributed by atoms with E-state index in [-0.39, 0.29) is 5.69 Å². The van der Waals surface area contributed by atoms with Crippen LogP contribution in [0.15, 0.2) is 30.5 Å². The average molecular weight is 276 g/mol. The first kappa shape index (κ1) is 14.2. The Balaban J connectivity index is 2.42. The van der Waals surface area contributed by atoms with E-state index in [0.717, 1.165) is 0 Å². The van der Waals surface area contributed by atoms with Crippen molar-refractivity contribution in [1.29, 1.82) is 0 Å². The predicted octanol–water partition coefficient (Wildman–Crippen LogP) is 1.78. The maximum atomic E-state index is 11.3. The van der Waals surface area contributed by atoms with Crippen molar-refractivity contribution in [2.24, 2.45) is 0 Å². The zero-order valence-electron chi connectivity index (χ0n) is 11.3. The summed E-state index contributed by atoms with van der Waals surface area (Å²) in [6.45, 7) is 2.00. The Hall–Kier alpha value is -2.25. The van der Waals surface area contributed by atoms with Gasteiger partial charge in [0.2, 0.25) is 0 Å². The van der Waals surface area contributed by atoms with E-state index in [4.69, 9.17) is 0 Å². The molecule has 0 aliphatic rings. The van der Waals surface area contributed by atoms with Gasteiger partial charge in [0.15, 0.2) is 0 Å². The van der Waals surface area contributed by atoms with Crippen molar-refractivity contribution in [3.8, 4) is 0 Å². The Morgan fingerprint density at radius 2 is 2.25 bits per heavy atom. The topological polar surface area (TPSA) is 91.5 Å². The van der Waals surface area contributed by atoms with E-state index in [1.807, 2.05) is 0 Å². The second-order valence-corrected chi connectivity index (χ2v) is 4.63. The highest BCUT2D eigenvalue weighted by atomic mass is 16.6. The molecule has 7 nitrogen and oxygen atoms in total. The maximum Gasteiger partial charge on any atom is 0.302 e. The van der Waals surface area contributed by atoms with Gasteiger partial charge in [0.05, 0.1) is 21.9 Å². The minimum atomic E-state index is -0.534. The van der Waals surface area contributed by atoms with Crippen molar-refractivity contribution in [2.75, 3.05) is 19.0 Å². The van der Waals surface area contributed by atoms with Gasteiger partial charge in [-0.3, -0.25) is 15.1 Å². The first-order chi connectivity index (χ1) is 9.49. The number of aliphatic hydroxyl groups is 1. The molecule has 106 valence electrons. The molecule has 0 saturated carbocycles. The molecule has 0 fully saturated rings. The van der Waals surface area contributed by atoms with Gasteiger partial charge in [-0.2, -0.15) is 0 Å². The molecular weight excluding hydrogens is 260 g/mol. The van der Waals surface area contributed by atoms with E-state index in [9.17, 15) is 15.2 Å². The van der Waals surface area contributed by atoms with Gasteiger partial charge >= 0.3 is 5.69 Å². The SMILES string of the molecule is CC(O)CN(C)Nc1ccc2ncccc2c1[N+](=O)[O-]. The largest absolute Gasteiger partial charge is 0.392 e. The van der Waals surface area contributed by atoms with Crippen LogP contribution in [0.4, 0.5) is 11.4 Å². The highest BCUT2D eigenvalue weighted by Gasteiger charge is 2.19. The molecule has 20 heavy (non-hydrogen) atoms. The molecule has 2 rings (SSSR count). The third kappa shape index (κ3) is 3.01. The standard InChI is InChI=1S/C13H16N4O3/c1-9(18)8-16(2)15-12-6-5-11-10(4-3-7-14-11)13(12)17(19)20/h3-7,9,15,18H,8H2,1-2H3. The molecule has 2 N–H and O–H groups in total. The van der Waals surface area contributed by atoms with Crippen LogP contribution in [0.3, 0.4) is 0 Å². The first-order valence-electron chi connectivity index (χ1n) is 6.17. The number of aliphatic hydroxyl groups excluding tert-OH is 1. The summed E-state index contributed by atoms with van der Waals surface area (Å²) >= 11 is 0. The molecule has 0 aliphatic heterocycles. The van der Waals surface area contributed by atoms with Gasteiger partial charge in [-0.1, -0.05) is 0 Å². The molecule has 7 heteroatoms. The highest BCUT2D eigenvalue weighted by molar-refractivity contribution is 5.94. The number of rotatable bonds is 5. The molecule has 0 saturated heterocycles. The van der Waals surface area contributed by atoms with Crippen molar-refractivity contribution in [3.63, 3.8) is 0 Å². The van der Waals surface area contributed by atoms with E-state index in [1.54, 1.807) is 49.4 Å². The minimum absolute atomic E-state index is 0.0203. The summed E-state index contributed by atoms with van der Waals surface area (Å²) < 4.78 is 0. The fourth-order valence-electron chi connectivity index (χ4n) is 2.07. The fourth-order valence-corrected chi connectivity index (χ4v) is 2.07. The number of anilines is 1. The zero-order valence-corrected chi connectivity index (χ0v) is 11.3. The first-order valence-corrected chi connectivity index (χ1v) is 6.17. The molecule has 1 aromatic heterocycles. The van der Waals surface area contributed by atoms with Gasteiger partial charge in [0.25, 0.3) is 0 Å². The van der Waals surface area contributed by atoms with E-state index in [1.165, 1.54) is 0 Å². The fraction of sp³-hybridized carbons (Fsp3) is 0.308. The predicted molar refractivity (Wildman–Crippen MR) is 76.3 cm³/mol. The summed E-state index contributed by atoms with van der Waals surface area (Å²) in [4.78, 5) is 15.0. The molecular formula is C13H16N4O3. The Bertz CT molecular complexity index is 630. The smallest absolute Gasteiger partial charge is 0.302 e. The minimum Gasteiger partial charge on any atom is -0.392 e. The van der Waals surface area contributed by atoms with Crippen molar-refractivity contribution in [1.82, 2.24) is 9.99 Å². The molecule has 0 aliphatic carbocycles. The summed E-state index contributed by atoms with van der Waals surface area (Å²) in [5.41, 5.74) is 3.84. The van der Waals surface area contributed by atoms with Crippen LogP contribution in [0.5, 0.6) is 0 Å². The summed E-state index contributed by atoms with van der Waals surface area (Å²) in [7, 11) is 1.71. The number of nitro groups is 1. The number of likely N-dealkylation sites (N-methyl/N-ethyl adjacent to an activating group) is 1. The number of hydrazine groups is 1. The Morgan fingerprint density at radius 1 is 1.50 bits per heavy atom. The quantitative estimate of drug-likeness (QED) is 0.639. The lowest BCUT2D eigenvalue weighted by atomic mass is 10.1. The monoisotopic (exact) mass is 276 g/mol. The van der Waals surface area contributed by atoms with E-state index >= 15 is 0 Å². The molecule has 1 aromatic carbocycles. The Morgan fingerprint density at radius 3 is 2.90 bits per heavy atom. The molecule has 1 atom stereocenters. The molecule has 0 radical (unpaired) electrons. The van der Waals surface area contributed by atoms with Gasteiger partial charge < -0.3 is 10.5 Å². The summed E-state index contributed by atoms with van der Waals surface area (Å²) in [5, 5.41) is 22.7. The zero-order chi connectivity index (χ0) is 14.7. The maximum absolute atomic E-state index is 11.3. The summed E-state index contributed by atoms with van der Waals surface area (Å²) in [5.74, 6) is 0. The van der Waals surface area contributed by atoms with Crippen LogP contribution in [0.1, 0.15) is 6.92 Å². The van der Waals surface area contributed by atoms with Gasteiger partial charge in [-0.15, -0.1) is 0 Å². The van der Waals surface area contributed by atoms with Crippen LogP contribution in [0.2, 0.25) is 0 Å². The van der Waals surface area contributed by atoms with Crippen LogP contribution >= 0.6 is 0 Å². The van der Waals surface area contributed by atoms with Gasteiger partial charge in [-0.25, -0.2) is 5.01 Å². The lowest BCUT2D eigenvalue weighted by Crippen LogP contribution is -2.32. The number of benzene rings is 1. The summed E-state index contributed by atoms with van der Waals surface area (Å²) in [6.07, 6.45) is 1.06. The van der Waals surface area contributed by atoms with E-state index in [2.05, 4.69) is 10.4 Å². The van der Waals surface area contributed by atoms with Gasteiger partial charge in [0, 0.05) is 19.8 Å². The highest BCUT2D eigenvalue weighted by Crippen LogP contribution is 2.32. The van der Waals surface area contributed by atoms with Crippen LogP contribution in [0.25, 0.3) is 10.9 Å². The average Bonchev–Trinajstić information content (AvgIpc) is 2.36. The Labute approximate surface area is 116 Å². The molecule has 0 spiro atoms. The van der Waals surface area contributed by atoms with Crippen LogP contribution in [0, 0.1) is 10.1 Å². The number of nitrogens with zero attached hydrogens (tertiary/aromatic N) is 3. The van der Waals surface area contributed by atoms with E-state index < -0.39 is 11.0 Å². The van der Waals surface area contributed by atoms with Gasteiger partial charge in [-0.05, 0) is 31.2 Å². The third-order valence-corrected chi connectivity index (χ3v) is 2.79. The number of nitrogens with one attached hydrogen (secondary N) is 1. The number of fused-ring (bicyclic) bond motifs is 1. The molecule has 0 bridgehead atoms. The van der Waals surface area contributed by atoms with Gasteiger partial charge in [0.1, 0.15) is 5.69 Å². The third-order valence-electron chi connectivity index (χ3n) is 2.79. The number of hydrogen-bond donors (Lipinski definition) is 2. The second-order valence-electron chi connectivity index (χ2n) is 4.63. The number of hydrogen-bond acceptors (Lipinski definition) is 6. The Kier molecular flexibility index (Phi) is 4.11. The lowest BCUT2D eigenvalue weighted by Gasteiger charge is -2.20. The summed E-state index contributed by atoms with van der Waals surface area (Å²) in [6, 6.07) is 6.67. The molecule has 1 unspecified atom stereocenters. The molecule has 2 aromatic rings. The van der Waals surface area contributed by atoms with Crippen molar-refractivity contribution in [2.45, 2.75) is 13.0 Å². The number of pyridine rings is 1. The van der Waals surface area contributed by atoms with Crippen LogP contribution < -0.4 is 5.43 Å². The van der Waals surface area contributed by atoms with E-state index in [0.29, 0.717) is 23.1 Å². The van der Waals surface area contributed by atoms with Crippen LogP contribution in [-0.2, 0) is 0 Å². The second kappa shape index (κ2) is 5.81. The number of aromatic nitrogens is 1. The van der Waals surface area contributed by atoms with Crippen LogP contribution in [-0.4, -0.2) is 39.7 Å². The lowest BCUT2D eigenvalue weighted by molar-refractivity contribution is -0.382. The number of nitro benzene ring substituents is 1. The van der Waals surface area contributed by atoms with Crippen molar-refractivity contribution >= 4 is 22.3 Å².